The number of nitrogens with two attached hydrogens (primary N) is 1. The molecule has 0 radical (unpaired) electrons. The van der Waals surface area contributed by atoms with E-state index >= 15 is 0 Å². The van der Waals surface area contributed by atoms with Gasteiger partial charge in [-0.2, -0.15) is 0 Å². The van der Waals surface area contributed by atoms with Crippen LogP contribution in [0.15, 0.2) is 0 Å². The molecule has 1 aliphatic heterocycles. The van der Waals surface area contributed by atoms with Gasteiger partial charge in [0.25, 0.3) is 0 Å². The maximum absolute atomic E-state index is 5.80. The zero-order valence-electron chi connectivity index (χ0n) is 7.00. The Morgan fingerprint density at radius 3 is 2.45 bits per heavy atom. The molecule has 1 heterocycles. The van der Waals surface area contributed by atoms with Gasteiger partial charge in [-0.05, 0) is 6.42 Å². The van der Waals surface area contributed by atoms with E-state index in [1.807, 2.05) is 0 Å². The molecule has 1 aliphatic rings. The van der Waals surface area contributed by atoms with Crippen LogP contribution in [0, 0.1) is 0 Å². The maximum Gasteiger partial charge on any atom is 0.207 e. The predicted octanol–water partition coefficient (Wildman–Crippen LogP) is -0.277. The summed E-state index contributed by atoms with van der Waals surface area (Å²) in [5.41, 5.74) is 5.80. The molecule has 66 valence electrons. The van der Waals surface area contributed by atoms with Crippen molar-refractivity contribution in [1.82, 2.24) is 0 Å². The second-order valence-corrected chi connectivity index (χ2v) is 2.67. The number of ether oxygens (including phenoxy) is 3. The Balaban J connectivity index is 2.61. The molecule has 11 heavy (non-hydrogen) atoms. The van der Waals surface area contributed by atoms with Crippen LogP contribution in [0.25, 0.3) is 0 Å². The van der Waals surface area contributed by atoms with E-state index in [1.165, 1.54) is 0 Å². The minimum absolute atomic E-state index is 0.0914. The van der Waals surface area contributed by atoms with Gasteiger partial charge in [-0.3, -0.25) is 0 Å². The number of rotatable bonds is 2. The standard InChI is InChI=1S/C7H15NO3/c1-9-7(10-2)5-11-4-3-6(7)8/h6H,3-5,8H2,1-2H3. The maximum atomic E-state index is 5.80. The number of hydrogen-bond donors (Lipinski definition) is 1. The summed E-state index contributed by atoms with van der Waals surface area (Å²) in [5, 5.41) is 0. The largest absolute Gasteiger partial charge is 0.376 e. The Bertz CT molecular complexity index is 125. The lowest BCUT2D eigenvalue weighted by Crippen LogP contribution is -2.57. The van der Waals surface area contributed by atoms with Crippen molar-refractivity contribution in [2.45, 2.75) is 18.2 Å². The van der Waals surface area contributed by atoms with Crippen molar-refractivity contribution in [2.75, 3.05) is 27.4 Å². The van der Waals surface area contributed by atoms with E-state index in [0.717, 1.165) is 6.42 Å². The summed E-state index contributed by atoms with van der Waals surface area (Å²) in [6, 6.07) is -0.0914. The lowest BCUT2D eigenvalue weighted by Gasteiger charge is -2.39. The van der Waals surface area contributed by atoms with Gasteiger partial charge in [0.1, 0.15) is 6.61 Å². The Morgan fingerprint density at radius 2 is 2.09 bits per heavy atom. The highest BCUT2D eigenvalue weighted by Gasteiger charge is 2.40. The van der Waals surface area contributed by atoms with E-state index in [1.54, 1.807) is 14.2 Å². The third-order valence-corrected chi connectivity index (χ3v) is 2.13. The molecule has 0 aromatic rings. The third-order valence-electron chi connectivity index (χ3n) is 2.13. The van der Waals surface area contributed by atoms with Gasteiger partial charge in [0.2, 0.25) is 5.79 Å². The normalized spacial score (nSPS) is 30.3. The van der Waals surface area contributed by atoms with Gasteiger partial charge in [0.05, 0.1) is 6.04 Å². The summed E-state index contributed by atoms with van der Waals surface area (Å²) in [6.07, 6.45) is 0.779. The van der Waals surface area contributed by atoms with Gasteiger partial charge < -0.3 is 19.9 Å². The number of methoxy groups -OCH3 is 2. The molecule has 0 spiro atoms. The van der Waals surface area contributed by atoms with Crippen molar-refractivity contribution >= 4 is 0 Å². The SMILES string of the molecule is COC1(OC)COCCC1N. The Kier molecular flexibility index (Phi) is 2.84. The van der Waals surface area contributed by atoms with Crippen molar-refractivity contribution in [3.8, 4) is 0 Å². The van der Waals surface area contributed by atoms with Crippen LogP contribution in [-0.2, 0) is 14.2 Å². The summed E-state index contributed by atoms with van der Waals surface area (Å²) in [6.45, 7) is 1.11. The average molecular weight is 161 g/mol. The van der Waals surface area contributed by atoms with Crippen molar-refractivity contribution in [3.05, 3.63) is 0 Å². The van der Waals surface area contributed by atoms with Crippen molar-refractivity contribution in [3.63, 3.8) is 0 Å². The summed E-state index contributed by atoms with van der Waals surface area (Å²) < 4.78 is 15.5. The molecule has 4 heteroatoms. The smallest absolute Gasteiger partial charge is 0.207 e. The molecule has 4 nitrogen and oxygen atoms in total. The molecule has 1 unspecified atom stereocenters. The van der Waals surface area contributed by atoms with Gasteiger partial charge in [0, 0.05) is 20.8 Å². The second-order valence-electron chi connectivity index (χ2n) is 2.67. The molecule has 0 aromatic carbocycles. The van der Waals surface area contributed by atoms with Crippen LogP contribution in [0.2, 0.25) is 0 Å². The topological polar surface area (TPSA) is 53.7 Å². The second kappa shape index (κ2) is 3.49. The molecular weight excluding hydrogens is 146 g/mol. The fourth-order valence-corrected chi connectivity index (χ4v) is 1.26. The minimum Gasteiger partial charge on any atom is -0.376 e. The van der Waals surface area contributed by atoms with E-state index in [-0.39, 0.29) is 6.04 Å². The average Bonchev–Trinajstić information content (AvgIpc) is 2.06. The quantitative estimate of drug-likeness (QED) is 0.566. The van der Waals surface area contributed by atoms with Crippen LogP contribution in [0.3, 0.4) is 0 Å². The molecule has 1 saturated heterocycles. The molecule has 1 atom stereocenters. The first-order chi connectivity index (χ1) is 5.25. The highest BCUT2D eigenvalue weighted by atomic mass is 16.7. The zero-order chi connectivity index (χ0) is 8.32. The predicted molar refractivity (Wildman–Crippen MR) is 40.2 cm³/mol. The Labute approximate surface area is 66.6 Å². The first kappa shape index (κ1) is 8.93. The van der Waals surface area contributed by atoms with E-state index < -0.39 is 5.79 Å². The van der Waals surface area contributed by atoms with Gasteiger partial charge in [-0.1, -0.05) is 0 Å². The number of hydrogen-bond acceptors (Lipinski definition) is 4. The zero-order valence-corrected chi connectivity index (χ0v) is 7.00. The van der Waals surface area contributed by atoms with E-state index in [2.05, 4.69) is 0 Å². The summed E-state index contributed by atoms with van der Waals surface area (Å²) in [7, 11) is 3.16. The summed E-state index contributed by atoms with van der Waals surface area (Å²) >= 11 is 0. The monoisotopic (exact) mass is 161 g/mol. The lowest BCUT2D eigenvalue weighted by molar-refractivity contribution is -0.264. The van der Waals surface area contributed by atoms with E-state index in [0.29, 0.717) is 13.2 Å². The Morgan fingerprint density at radius 1 is 1.45 bits per heavy atom. The third kappa shape index (κ3) is 1.54. The van der Waals surface area contributed by atoms with Crippen LogP contribution < -0.4 is 5.73 Å². The molecule has 0 aromatic heterocycles. The van der Waals surface area contributed by atoms with E-state index in [4.69, 9.17) is 19.9 Å². The molecule has 0 amide bonds. The van der Waals surface area contributed by atoms with Crippen LogP contribution in [0.5, 0.6) is 0 Å². The van der Waals surface area contributed by atoms with Gasteiger partial charge >= 0.3 is 0 Å². The van der Waals surface area contributed by atoms with Crippen molar-refractivity contribution in [2.24, 2.45) is 5.73 Å². The molecule has 0 aliphatic carbocycles. The fourth-order valence-electron chi connectivity index (χ4n) is 1.26. The highest BCUT2D eigenvalue weighted by molar-refractivity contribution is 4.85. The van der Waals surface area contributed by atoms with Crippen LogP contribution in [0.1, 0.15) is 6.42 Å². The first-order valence-electron chi connectivity index (χ1n) is 3.69. The molecule has 0 bridgehead atoms. The van der Waals surface area contributed by atoms with Crippen LogP contribution >= 0.6 is 0 Å². The van der Waals surface area contributed by atoms with Gasteiger partial charge in [0.15, 0.2) is 0 Å². The molecule has 1 rings (SSSR count). The molecule has 0 saturated carbocycles. The molecule has 1 fully saturated rings. The summed E-state index contributed by atoms with van der Waals surface area (Å²) in [4.78, 5) is 0. The van der Waals surface area contributed by atoms with Crippen molar-refractivity contribution in [1.29, 1.82) is 0 Å². The summed E-state index contributed by atoms with van der Waals surface area (Å²) in [5.74, 6) is -0.724. The fraction of sp³-hybridized carbons (Fsp3) is 1.00. The van der Waals surface area contributed by atoms with E-state index in [9.17, 15) is 0 Å². The minimum atomic E-state index is -0.724. The van der Waals surface area contributed by atoms with Crippen molar-refractivity contribution < 1.29 is 14.2 Å². The van der Waals surface area contributed by atoms with Crippen LogP contribution in [-0.4, -0.2) is 39.3 Å². The van der Waals surface area contributed by atoms with Crippen LogP contribution in [0.4, 0.5) is 0 Å². The lowest BCUT2D eigenvalue weighted by atomic mass is 10.0. The highest BCUT2D eigenvalue weighted by Crippen LogP contribution is 2.22. The van der Waals surface area contributed by atoms with Gasteiger partial charge in [-0.15, -0.1) is 0 Å². The molecule has 2 N–H and O–H groups in total. The Hall–Kier alpha value is -0.160. The molecular formula is C7H15NO3. The first-order valence-corrected chi connectivity index (χ1v) is 3.69. The van der Waals surface area contributed by atoms with Gasteiger partial charge in [-0.25, -0.2) is 0 Å².